The molecule has 2 unspecified atom stereocenters. The van der Waals surface area contributed by atoms with Crippen LogP contribution in [0.15, 0.2) is 0 Å². The number of Topliss-reactive ketones (excluding diaryl/α,β-unsaturated/α-hetero) is 1. The zero-order valence-electron chi connectivity index (χ0n) is 6.54. The first-order chi connectivity index (χ1) is 5.61. The minimum absolute atomic E-state index is 0.144. The second kappa shape index (κ2) is 5.80. The van der Waals surface area contributed by atoms with E-state index in [9.17, 15) is 9.59 Å². The summed E-state index contributed by atoms with van der Waals surface area (Å²) in [7, 11) is 2.17. The predicted octanol–water partition coefficient (Wildman–Crippen LogP) is -0.781. The van der Waals surface area contributed by atoms with Crippen molar-refractivity contribution in [2.45, 2.75) is 18.9 Å². The summed E-state index contributed by atoms with van der Waals surface area (Å²) in [5.74, 6) is -0.802. The minimum atomic E-state index is -0.500. The monoisotopic (exact) mass is 189 g/mol. The van der Waals surface area contributed by atoms with E-state index in [1.807, 2.05) is 0 Å². The second-order valence-electron chi connectivity index (χ2n) is 2.27. The van der Waals surface area contributed by atoms with E-state index >= 15 is 0 Å². The molecule has 0 aliphatic rings. The summed E-state index contributed by atoms with van der Waals surface area (Å²) in [6, 6.07) is -0.500. The van der Waals surface area contributed by atoms with Gasteiger partial charge in [0, 0.05) is 6.42 Å². The van der Waals surface area contributed by atoms with Gasteiger partial charge in [-0.3, -0.25) is 14.7 Å². The molecule has 0 aromatic rings. The van der Waals surface area contributed by atoms with E-state index in [0.29, 0.717) is 6.42 Å². The molecule has 0 heterocycles. The molecule has 0 fully saturated rings. The Morgan fingerprint density at radius 2 is 2.25 bits per heavy atom. The Bertz CT molecular complexity index is 195. The molecule has 0 aromatic heterocycles. The molecule has 5 nitrogen and oxygen atoms in total. The van der Waals surface area contributed by atoms with Crippen molar-refractivity contribution in [2.75, 3.05) is 0 Å². The number of amides is 1. The van der Waals surface area contributed by atoms with Gasteiger partial charge in [0.05, 0.1) is 12.3 Å². The summed E-state index contributed by atoms with van der Waals surface area (Å²) in [6.07, 6.45) is 1.20. The molecule has 0 aromatic carbocycles. The first-order valence-corrected chi connectivity index (χ1v) is 3.98. The van der Waals surface area contributed by atoms with Crippen LogP contribution < -0.4 is 10.8 Å². The smallest absolute Gasteiger partial charge is 0.217 e. The highest BCUT2D eigenvalue weighted by molar-refractivity contribution is 7.13. The molecule has 12 heavy (non-hydrogen) atoms. The average molecular weight is 189 g/mol. The molecule has 2 atom stereocenters. The Kier molecular flexibility index (Phi) is 5.41. The lowest BCUT2D eigenvalue weighted by Gasteiger charge is -2.09. The molecule has 4 N–H and O–H groups in total. The second-order valence-corrected chi connectivity index (χ2v) is 2.60. The number of ketones is 1. The zero-order chi connectivity index (χ0) is 9.56. The van der Waals surface area contributed by atoms with Gasteiger partial charge < -0.3 is 11.1 Å². The lowest BCUT2D eigenvalue weighted by molar-refractivity contribution is -0.118. The van der Waals surface area contributed by atoms with Crippen LogP contribution in [0.2, 0.25) is 0 Å². The van der Waals surface area contributed by atoms with Crippen LogP contribution in [-0.2, 0) is 9.59 Å². The third-order valence-corrected chi connectivity index (χ3v) is 1.77. The van der Waals surface area contributed by atoms with Gasteiger partial charge >= 0.3 is 0 Å². The van der Waals surface area contributed by atoms with Crippen LogP contribution in [0.1, 0.15) is 12.8 Å². The van der Waals surface area contributed by atoms with Gasteiger partial charge in [0.25, 0.3) is 0 Å². The summed E-state index contributed by atoms with van der Waals surface area (Å²) >= 11 is 0. The van der Waals surface area contributed by atoms with Crippen molar-refractivity contribution in [2.24, 2.45) is 5.73 Å². The van der Waals surface area contributed by atoms with Crippen LogP contribution in [0.5, 0.6) is 0 Å². The van der Waals surface area contributed by atoms with E-state index in [1.165, 1.54) is 0 Å². The van der Waals surface area contributed by atoms with Gasteiger partial charge in [0.1, 0.15) is 0 Å². The van der Waals surface area contributed by atoms with E-state index in [0.717, 1.165) is 6.21 Å². The first-order valence-electron chi connectivity index (χ1n) is 3.40. The number of hydrogen-bond donors (Lipinski definition) is 3. The number of nitrogens with one attached hydrogen (secondary N) is 2. The quantitative estimate of drug-likeness (QED) is 0.377. The van der Waals surface area contributed by atoms with Gasteiger partial charge in [-0.25, -0.2) is 0 Å². The van der Waals surface area contributed by atoms with E-state index < -0.39 is 11.9 Å². The molecule has 0 saturated heterocycles. The van der Waals surface area contributed by atoms with Gasteiger partial charge in [-0.1, -0.05) is 9.39 Å². The van der Waals surface area contributed by atoms with E-state index in [-0.39, 0.29) is 12.2 Å². The molecule has 0 saturated carbocycles. The maximum Gasteiger partial charge on any atom is 0.217 e. The fourth-order valence-electron chi connectivity index (χ4n) is 0.695. The number of carbonyl (C=O) groups is 2. The average Bonchev–Trinajstić information content (AvgIpc) is 2.04. The van der Waals surface area contributed by atoms with Crippen molar-refractivity contribution in [3.63, 3.8) is 0 Å². The third-order valence-electron chi connectivity index (χ3n) is 1.37. The van der Waals surface area contributed by atoms with E-state index in [2.05, 4.69) is 14.5 Å². The molecule has 6 heteroatoms. The van der Waals surface area contributed by atoms with Crippen LogP contribution in [0.4, 0.5) is 0 Å². The maximum absolute atomic E-state index is 10.9. The molecular weight excluding hydrogens is 177 g/mol. The fraction of sp³-hybridized carbons (Fsp3) is 0.500. The molecule has 0 aliphatic carbocycles. The van der Waals surface area contributed by atoms with Crippen LogP contribution >= 0.6 is 9.39 Å². The standard InChI is InChI=1S/C6H12N3O2P/c7-3-5(10)4(9-12)1-2-6(8)11/h3-4,7,9H,1-2,12H2,(H2,8,11). The Hall–Kier alpha value is -0.800. The van der Waals surface area contributed by atoms with Gasteiger partial charge in [-0.05, 0) is 6.42 Å². The molecule has 0 bridgehead atoms. The zero-order valence-corrected chi connectivity index (χ0v) is 7.69. The van der Waals surface area contributed by atoms with E-state index in [4.69, 9.17) is 11.1 Å². The van der Waals surface area contributed by atoms with Gasteiger partial charge in [-0.2, -0.15) is 0 Å². The van der Waals surface area contributed by atoms with Crippen molar-refractivity contribution >= 4 is 27.3 Å². The molecule has 0 aliphatic heterocycles. The summed E-state index contributed by atoms with van der Waals surface area (Å²) in [5, 5.41) is 9.30. The third kappa shape index (κ3) is 4.16. The number of primary amides is 1. The SMILES string of the molecule is N=CC(=O)C(CCC(N)=O)NP. The van der Waals surface area contributed by atoms with E-state index in [1.54, 1.807) is 0 Å². The topological polar surface area (TPSA) is 96.0 Å². The van der Waals surface area contributed by atoms with Gasteiger partial charge in [-0.15, -0.1) is 0 Å². The number of hydrogen-bond acceptors (Lipinski definition) is 4. The first kappa shape index (κ1) is 11.2. The van der Waals surface area contributed by atoms with Crippen LogP contribution in [-0.4, -0.2) is 23.9 Å². The highest BCUT2D eigenvalue weighted by Gasteiger charge is 2.14. The van der Waals surface area contributed by atoms with Crippen molar-refractivity contribution < 1.29 is 9.59 Å². The molecular formula is C6H12N3O2P. The molecule has 68 valence electrons. The molecule has 1 amide bonds. The molecule has 0 radical (unpaired) electrons. The molecule has 0 rings (SSSR count). The number of nitrogens with two attached hydrogens (primary N) is 1. The lowest BCUT2D eigenvalue weighted by atomic mass is 10.1. The largest absolute Gasteiger partial charge is 0.370 e. The normalized spacial score (nSPS) is 12.1. The van der Waals surface area contributed by atoms with Crippen LogP contribution in [0, 0.1) is 5.41 Å². The number of rotatable bonds is 6. The molecule has 0 spiro atoms. The van der Waals surface area contributed by atoms with Crippen LogP contribution in [0.3, 0.4) is 0 Å². The summed E-state index contributed by atoms with van der Waals surface area (Å²) in [5.41, 5.74) is 4.90. The highest BCUT2D eigenvalue weighted by Crippen LogP contribution is 1.99. The maximum atomic E-state index is 10.9. The van der Waals surface area contributed by atoms with Gasteiger partial charge in [0.15, 0.2) is 5.78 Å². The summed E-state index contributed by atoms with van der Waals surface area (Å²) < 4.78 is 0. The van der Waals surface area contributed by atoms with Gasteiger partial charge in [0.2, 0.25) is 5.91 Å². The summed E-state index contributed by atoms with van der Waals surface area (Å²) in [4.78, 5) is 21.2. The number of carbonyl (C=O) groups excluding carboxylic acids is 2. The van der Waals surface area contributed by atoms with Crippen molar-refractivity contribution in [3.8, 4) is 0 Å². The Morgan fingerprint density at radius 3 is 2.58 bits per heavy atom. The predicted molar refractivity (Wildman–Crippen MR) is 48.9 cm³/mol. The Labute approximate surface area is 72.8 Å². The Morgan fingerprint density at radius 1 is 1.67 bits per heavy atom. The van der Waals surface area contributed by atoms with Crippen molar-refractivity contribution in [3.05, 3.63) is 0 Å². The van der Waals surface area contributed by atoms with Crippen molar-refractivity contribution in [1.82, 2.24) is 5.09 Å². The highest BCUT2D eigenvalue weighted by atomic mass is 31.0. The van der Waals surface area contributed by atoms with Crippen molar-refractivity contribution in [1.29, 1.82) is 5.41 Å². The summed E-state index contributed by atoms with van der Waals surface area (Å²) in [6.45, 7) is 0. The minimum Gasteiger partial charge on any atom is -0.370 e. The van der Waals surface area contributed by atoms with Crippen LogP contribution in [0.25, 0.3) is 0 Å². The Balaban J connectivity index is 3.91. The lowest BCUT2D eigenvalue weighted by Crippen LogP contribution is -2.32. The fourth-order valence-corrected chi connectivity index (χ4v) is 1.03.